The molecule has 0 unspecified atom stereocenters. The molecule has 0 saturated heterocycles. The Bertz CT molecular complexity index is 759. The van der Waals surface area contributed by atoms with Gasteiger partial charge in [-0.2, -0.15) is 0 Å². The van der Waals surface area contributed by atoms with E-state index in [2.05, 4.69) is 26.2 Å². The molecule has 6 nitrogen and oxygen atoms in total. The van der Waals surface area contributed by atoms with Crippen molar-refractivity contribution in [2.45, 2.75) is 6.54 Å². The molecule has 0 bridgehead atoms. The lowest BCUT2D eigenvalue weighted by molar-refractivity contribution is 0.0973. The van der Waals surface area contributed by atoms with Crippen molar-refractivity contribution in [1.82, 2.24) is 14.9 Å². The number of fused-ring (bicyclic) bond motifs is 3. The first-order valence-electron chi connectivity index (χ1n) is 6.52. The van der Waals surface area contributed by atoms with Crippen molar-refractivity contribution >= 4 is 38.8 Å². The summed E-state index contributed by atoms with van der Waals surface area (Å²) in [4.78, 5) is 16.5. The van der Waals surface area contributed by atoms with Crippen LogP contribution in [0.15, 0.2) is 28.9 Å². The van der Waals surface area contributed by atoms with Crippen LogP contribution >= 0.6 is 27.7 Å². The van der Waals surface area contributed by atoms with Gasteiger partial charge in [-0.15, -0.1) is 0 Å². The summed E-state index contributed by atoms with van der Waals surface area (Å²) in [6, 6.07) is 5.72. The van der Waals surface area contributed by atoms with Crippen molar-refractivity contribution in [3.63, 3.8) is 0 Å². The first-order valence-corrected chi connectivity index (χ1v) is 8.54. The maximum atomic E-state index is 12.1. The third kappa shape index (κ3) is 2.89. The predicted molar refractivity (Wildman–Crippen MR) is 89.6 cm³/mol. The van der Waals surface area contributed by atoms with Crippen LogP contribution in [0.2, 0.25) is 0 Å². The molecule has 2 aromatic rings. The normalized spacial score (nSPS) is 12.6. The summed E-state index contributed by atoms with van der Waals surface area (Å²) < 4.78 is 8.55. The number of halogens is 1. The van der Waals surface area contributed by atoms with Crippen molar-refractivity contribution in [3.05, 3.63) is 34.6 Å². The molecule has 1 aliphatic heterocycles. The average Bonchev–Trinajstić information content (AvgIpc) is 2.84. The van der Waals surface area contributed by atoms with Gasteiger partial charge in [0.2, 0.25) is 0 Å². The largest absolute Gasteiger partial charge is 0.491 e. The van der Waals surface area contributed by atoms with E-state index in [4.69, 9.17) is 10.1 Å². The number of thioether (sulfide) groups is 1. The lowest BCUT2D eigenvalue weighted by Crippen LogP contribution is -2.27. The fourth-order valence-corrected chi connectivity index (χ4v) is 2.72. The van der Waals surface area contributed by atoms with Crippen LogP contribution in [-0.4, -0.2) is 33.5 Å². The number of amides is 1. The molecule has 0 saturated carbocycles. The lowest BCUT2D eigenvalue weighted by Gasteiger charge is -2.06. The van der Waals surface area contributed by atoms with Gasteiger partial charge in [0.1, 0.15) is 23.9 Å². The van der Waals surface area contributed by atoms with Crippen LogP contribution < -0.4 is 10.1 Å². The molecule has 2 heterocycles. The molecular formula is C14H13BrN4O2S. The highest BCUT2D eigenvalue weighted by molar-refractivity contribution is 9.10. The molecular weight excluding hydrogens is 368 g/mol. The topological polar surface area (TPSA) is 80.0 Å². The number of nitrogens with one attached hydrogen (secondary N) is 2. The predicted octanol–water partition coefficient (Wildman–Crippen LogP) is 2.73. The third-order valence-electron chi connectivity index (χ3n) is 3.21. The van der Waals surface area contributed by atoms with Crippen molar-refractivity contribution in [3.8, 4) is 17.1 Å². The lowest BCUT2D eigenvalue weighted by atomic mass is 10.2. The maximum Gasteiger partial charge on any atom is 0.277 e. The van der Waals surface area contributed by atoms with Gasteiger partial charge in [-0.3, -0.25) is 10.2 Å². The van der Waals surface area contributed by atoms with Gasteiger partial charge in [0, 0.05) is 10.7 Å². The summed E-state index contributed by atoms with van der Waals surface area (Å²) in [5.74, 6) is 1.06. The van der Waals surface area contributed by atoms with E-state index in [9.17, 15) is 4.79 Å². The van der Waals surface area contributed by atoms with Gasteiger partial charge in [-0.1, -0.05) is 27.7 Å². The number of amidine groups is 1. The van der Waals surface area contributed by atoms with E-state index in [1.54, 1.807) is 12.5 Å². The van der Waals surface area contributed by atoms with Gasteiger partial charge in [-0.25, -0.2) is 4.98 Å². The van der Waals surface area contributed by atoms with Crippen molar-refractivity contribution in [2.24, 2.45) is 0 Å². The number of aromatic nitrogens is 2. The summed E-state index contributed by atoms with van der Waals surface area (Å²) >= 11 is 4.59. The smallest absolute Gasteiger partial charge is 0.277 e. The minimum Gasteiger partial charge on any atom is -0.491 e. The van der Waals surface area contributed by atoms with Crippen LogP contribution in [0.4, 0.5) is 0 Å². The van der Waals surface area contributed by atoms with Crippen LogP contribution in [0.3, 0.4) is 0 Å². The van der Waals surface area contributed by atoms with Gasteiger partial charge in [-0.05, 0) is 24.5 Å². The van der Waals surface area contributed by atoms with Crippen LogP contribution in [0.1, 0.15) is 10.5 Å². The molecule has 0 atom stereocenters. The molecule has 114 valence electrons. The fraction of sp³-hybridized carbons (Fsp3) is 0.214. The van der Waals surface area contributed by atoms with Gasteiger partial charge in [0.25, 0.3) is 5.91 Å². The Labute approximate surface area is 139 Å². The molecule has 2 N–H and O–H groups in total. The molecule has 8 heteroatoms. The summed E-state index contributed by atoms with van der Waals surface area (Å²) in [5.41, 5.74) is 1.14. The Morgan fingerprint density at radius 2 is 2.36 bits per heavy atom. The highest BCUT2D eigenvalue weighted by atomic mass is 79.9. The summed E-state index contributed by atoms with van der Waals surface area (Å²) in [6.07, 6.45) is 3.43. The number of imidazole rings is 1. The monoisotopic (exact) mass is 380 g/mol. The minimum absolute atomic E-state index is 0.0980. The molecule has 0 spiro atoms. The zero-order valence-electron chi connectivity index (χ0n) is 11.7. The third-order valence-corrected chi connectivity index (χ3v) is 4.22. The van der Waals surface area contributed by atoms with Crippen LogP contribution in [0, 0.1) is 5.41 Å². The molecule has 1 aromatic carbocycles. The first kappa shape index (κ1) is 15.1. The fourth-order valence-electron chi connectivity index (χ4n) is 2.18. The first-order chi connectivity index (χ1) is 10.6. The van der Waals surface area contributed by atoms with E-state index >= 15 is 0 Å². The number of benzene rings is 1. The van der Waals surface area contributed by atoms with Crippen LogP contribution in [-0.2, 0) is 6.54 Å². The molecule has 22 heavy (non-hydrogen) atoms. The standard InChI is InChI=1S/C14H13BrN4O2S/c1-22-14(16)18-13(20)10-7-19-4-5-21-11-6-8(15)2-3-9(11)12(19)17-10/h2-3,6-7H,4-5H2,1H3,(H2,16,18,20). The number of ether oxygens (including phenoxy) is 1. The number of hydrogen-bond acceptors (Lipinski definition) is 5. The van der Waals surface area contributed by atoms with E-state index in [0.29, 0.717) is 24.7 Å². The van der Waals surface area contributed by atoms with Crippen molar-refractivity contribution in [1.29, 1.82) is 5.41 Å². The Morgan fingerprint density at radius 1 is 1.55 bits per heavy atom. The zero-order chi connectivity index (χ0) is 15.7. The van der Waals surface area contributed by atoms with Gasteiger partial charge < -0.3 is 14.6 Å². The van der Waals surface area contributed by atoms with E-state index in [0.717, 1.165) is 15.8 Å². The molecule has 3 rings (SSSR count). The number of nitrogens with zero attached hydrogens (tertiary/aromatic N) is 2. The van der Waals surface area contributed by atoms with Gasteiger partial charge in [0.05, 0.1) is 12.1 Å². The van der Waals surface area contributed by atoms with E-state index < -0.39 is 0 Å². The number of carbonyl (C=O) groups is 1. The SMILES string of the molecule is CSC(=N)NC(=O)c1cn2c(n1)-c1ccc(Br)cc1OCC2. The quantitative estimate of drug-likeness (QED) is 0.588. The second kappa shape index (κ2) is 6.13. The molecule has 0 aliphatic carbocycles. The van der Waals surface area contributed by atoms with E-state index in [-0.39, 0.29) is 11.1 Å². The molecule has 1 aromatic heterocycles. The molecule has 0 radical (unpaired) electrons. The Morgan fingerprint density at radius 3 is 3.14 bits per heavy atom. The van der Waals surface area contributed by atoms with Crippen molar-refractivity contribution in [2.75, 3.05) is 12.9 Å². The Hall–Kier alpha value is -1.80. The Kier molecular flexibility index (Phi) is 4.21. The van der Waals surface area contributed by atoms with Crippen LogP contribution in [0.25, 0.3) is 11.4 Å². The number of carbonyl (C=O) groups excluding carboxylic acids is 1. The van der Waals surface area contributed by atoms with Gasteiger partial charge >= 0.3 is 0 Å². The summed E-state index contributed by atoms with van der Waals surface area (Å²) in [5, 5.41) is 10.1. The summed E-state index contributed by atoms with van der Waals surface area (Å²) in [7, 11) is 0. The second-order valence-electron chi connectivity index (χ2n) is 4.62. The van der Waals surface area contributed by atoms with Gasteiger partial charge in [0.15, 0.2) is 5.17 Å². The minimum atomic E-state index is -0.375. The number of rotatable bonds is 1. The molecule has 0 fully saturated rings. The molecule has 1 aliphatic rings. The average molecular weight is 381 g/mol. The Balaban J connectivity index is 1.99. The van der Waals surface area contributed by atoms with Crippen LogP contribution in [0.5, 0.6) is 5.75 Å². The second-order valence-corrected chi connectivity index (χ2v) is 6.35. The maximum absolute atomic E-state index is 12.1. The number of hydrogen-bond donors (Lipinski definition) is 2. The van der Waals surface area contributed by atoms with Crippen molar-refractivity contribution < 1.29 is 9.53 Å². The highest BCUT2D eigenvalue weighted by Gasteiger charge is 2.21. The zero-order valence-corrected chi connectivity index (χ0v) is 14.1. The van der Waals surface area contributed by atoms with E-state index in [1.807, 2.05) is 22.8 Å². The van der Waals surface area contributed by atoms with E-state index in [1.165, 1.54) is 11.8 Å². The summed E-state index contributed by atoms with van der Waals surface area (Å²) in [6.45, 7) is 1.12. The molecule has 1 amide bonds. The highest BCUT2D eigenvalue weighted by Crippen LogP contribution is 2.34.